The van der Waals surface area contributed by atoms with Gasteiger partial charge < -0.3 is 16.8 Å². The van der Waals surface area contributed by atoms with Gasteiger partial charge in [-0.25, -0.2) is 0 Å². The van der Waals surface area contributed by atoms with Gasteiger partial charge in [0.05, 0.1) is 0 Å². The largest absolute Gasteiger partial charge is 0.468 e. The molecule has 0 saturated heterocycles. The Kier molecular flexibility index (Phi) is 16.5. The summed E-state index contributed by atoms with van der Waals surface area (Å²) in [4.78, 5) is 0. The van der Waals surface area contributed by atoms with Crippen molar-refractivity contribution in [1.29, 1.82) is 0 Å². The summed E-state index contributed by atoms with van der Waals surface area (Å²) < 4.78 is 0. The predicted molar refractivity (Wildman–Crippen MR) is 30.4 cm³/mol. The van der Waals surface area contributed by atoms with E-state index in [1.807, 2.05) is 0 Å². The first-order valence-electron chi connectivity index (χ1n) is 2.37. The summed E-state index contributed by atoms with van der Waals surface area (Å²) >= 11 is 0. The molecule has 0 aromatic carbocycles. The molecule has 0 saturated carbocycles. The summed E-state index contributed by atoms with van der Waals surface area (Å²) in [7, 11) is 0. The number of hydrogen-bond acceptors (Lipinski definition) is 3. The average molecular weight is 259 g/mol. The second-order valence-corrected chi connectivity index (χ2v) is 1.18. The van der Waals surface area contributed by atoms with E-state index in [-0.39, 0.29) is 39.9 Å². The molecule has 0 spiro atoms. The minimum absolute atomic E-state index is 0. The molecule has 5 N–H and O–H groups in total. The molecule has 0 aromatic heterocycles. The van der Waals surface area contributed by atoms with Crippen LogP contribution in [0, 0.1) is 46.5 Å². The van der Waals surface area contributed by atoms with Gasteiger partial charge in [0.2, 0.25) is 0 Å². The van der Waals surface area contributed by atoms with Crippen molar-refractivity contribution in [1.82, 2.24) is 5.32 Å². The first kappa shape index (κ1) is 11.9. The summed E-state index contributed by atoms with van der Waals surface area (Å²) in [5.41, 5.74) is 10.3. The fourth-order valence-corrected chi connectivity index (χ4v) is 0.269. The SMILES string of the molecule is NC[CH-]NCCN.[Gd]. The van der Waals surface area contributed by atoms with Crippen LogP contribution in [0.3, 0.4) is 0 Å². The number of nitrogens with one attached hydrogen (secondary N) is 1. The van der Waals surface area contributed by atoms with Gasteiger partial charge in [0.25, 0.3) is 0 Å². The average Bonchev–Trinajstić information content (AvgIpc) is 1.69. The smallest absolute Gasteiger partial charge is 0.00248 e. The summed E-state index contributed by atoms with van der Waals surface area (Å²) in [6, 6.07) is 0. The van der Waals surface area contributed by atoms with Crippen LogP contribution < -0.4 is 16.8 Å². The van der Waals surface area contributed by atoms with Crippen molar-refractivity contribution in [2.45, 2.75) is 0 Å². The minimum Gasteiger partial charge on any atom is -0.468 e. The van der Waals surface area contributed by atoms with Gasteiger partial charge in [0, 0.05) is 46.5 Å². The van der Waals surface area contributed by atoms with Crippen molar-refractivity contribution < 1.29 is 39.9 Å². The molecular weight excluding hydrogens is 247 g/mol. The van der Waals surface area contributed by atoms with E-state index < -0.39 is 0 Å². The van der Waals surface area contributed by atoms with Gasteiger partial charge in [-0.2, -0.15) is 0 Å². The van der Waals surface area contributed by atoms with Crippen molar-refractivity contribution >= 4 is 0 Å². The monoisotopic (exact) mass is 260 g/mol. The van der Waals surface area contributed by atoms with E-state index in [0.29, 0.717) is 13.1 Å². The van der Waals surface area contributed by atoms with E-state index >= 15 is 0 Å². The van der Waals surface area contributed by atoms with Gasteiger partial charge >= 0.3 is 0 Å². The second kappa shape index (κ2) is 11.1. The van der Waals surface area contributed by atoms with Crippen molar-refractivity contribution in [3.63, 3.8) is 0 Å². The third-order valence-electron chi connectivity index (χ3n) is 0.551. The molecular formula is C4H12GdN3-. The zero-order valence-electron chi connectivity index (χ0n) is 4.71. The molecule has 3 nitrogen and oxygen atoms in total. The Hall–Kier alpha value is 1.20. The quantitative estimate of drug-likeness (QED) is 0.432. The molecule has 0 heterocycles. The van der Waals surface area contributed by atoms with E-state index in [1.165, 1.54) is 0 Å². The molecule has 0 atom stereocenters. The molecule has 0 amide bonds. The molecule has 0 unspecified atom stereocenters. The van der Waals surface area contributed by atoms with Gasteiger partial charge in [-0.15, -0.1) is 6.54 Å². The van der Waals surface area contributed by atoms with Crippen molar-refractivity contribution in [3.8, 4) is 0 Å². The van der Waals surface area contributed by atoms with Crippen molar-refractivity contribution in [3.05, 3.63) is 6.54 Å². The van der Waals surface area contributed by atoms with Crippen molar-refractivity contribution in [2.75, 3.05) is 19.6 Å². The van der Waals surface area contributed by atoms with Crippen molar-refractivity contribution in [2.24, 2.45) is 11.5 Å². The molecule has 0 fully saturated rings. The fourth-order valence-electron chi connectivity index (χ4n) is 0.269. The van der Waals surface area contributed by atoms with Crippen LogP contribution in [-0.2, 0) is 0 Å². The van der Waals surface area contributed by atoms with Crippen LogP contribution in [0.5, 0.6) is 0 Å². The van der Waals surface area contributed by atoms with Gasteiger partial charge in [-0.3, -0.25) is 6.54 Å². The molecule has 8 heavy (non-hydrogen) atoms. The third-order valence-corrected chi connectivity index (χ3v) is 0.551. The first-order chi connectivity index (χ1) is 3.41. The first-order valence-corrected chi connectivity index (χ1v) is 2.37. The van der Waals surface area contributed by atoms with Crippen LogP contribution in [0.25, 0.3) is 0 Å². The Labute approximate surface area is 82.2 Å². The zero-order valence-corrected chi connectivity index (χ0v) is 6.98. The predicted octanol–water partition coefficient (Wildman–Crippen LogP) is -1.34. The van der Waals surface area contributed by atoms with Gasteiger partial charge in [-0.1, -0.05) is 0 Å². The van der Waals surface area contributed by atoms with Crippen LogP contribution >= 0.6 is 0 Å². The zero-order chi connectivity index (χ0) is 5.54. The van der Waals surface area contributed by atoms with Gasteiger partial charge in [0.15, 0.2) is 0 Å². The topological polar surface area (TPSA) is 64.1 Å². The third kappa shape index (κ3) is 10.2. The summed E-state index contributed by atoms with van der Waals surface area (Å²) in [5, 5.41) is 2.91. The molecule has 4 heteroatoms. The normalized spacial score (nSPS) is 8.25. The van der Waals surface area contributed by atoms with Crippen LogP contribution in [0.15, 0.2) is 0 Å². The van der Waals surface area contributed by atoms with E-state index in [4.69, 9.17) is 11.5 Å². The molecule has 0 rings (SSSR count). The Morgan fingerprint density at radius 1 is 1.38 bits per heavy atom. The Bertz CT molecular complexity index is 30.5. The summed E-state index contributed by atoms with van der Waals surface area (Å²) in [5.74, 6) is 0. The minimum atomic E-state index is 0. The summed E-state index contributed by atoms with van der Waals surface area (Å²) in [6.07, 6.45) is 0. The molecule has 0 aromatic rings. The van der Waals surface area contributed by atoms with Crippen LogP contribution in [-0.4, -0.2) is 19.6 Å². The van der Waals surface area contributed by atoms with Gasteiger partial charge in [0.1, 0.15) is 0 Å². The number of hydrogen-bond donors (Lipinski definition) is 3. The molecule has 0 radical (unpaired) electrons. The Morgan fingerprint density at radius 3 is 2.38 bits per heavy atom. The van der Waals surface area contributed by atoms with E-state index in [9.17, 15) is 0 Å². The maximum Gasteiger partial charge on any atom is 0.00248 e. The molecule has 0 aliphatic carbocycles. The van der Waals surface area contributed by atoms with E-state index in [1.54, 1.807) is 6.54 Å². The standard InChI is InChI=1S/C4H12N3.Gd/c5-1-3-7-4-2-6;/h3,7H,1-2,4-6H2;/q-1;. The maximum atomic E-state index is 5.15. The molecule has 0 bridgehead atoms. The molecule has 0 aliphatic rings. The second-order valence-electron chi connectivity index (χ2n) is 1.18. The Morgan fingerprint density at radius 2 is 2.00 bits per heavy atom. The van der Waals surface area contributed by atoms with Crippen LogP contribution in [0.2, 0.25) is 0 Å². The van der Waals surface area contributed by atoms with E-state index in [2.05, 4.69) is 5.32 Å². The summed E-state index contributed by atoms with van der Waals surface area (Å²) in [6.45, 7) is 3.83. The number of rotatable bonds is 4. The fraction of sp³-hybridized carbons (Fsp3) is 0.750. The van der Waals surface area contributed by atoms with Gasteiger partial charge in [-0.05, 0) is 6.54 Å². The Balaban J connectivity index is 0. The van der Waals surface area contributed by atoms with Crippen LogP contribution in [0.4, 0.5) is 0 Å². The molecule has 0 aliphatic heterocycles. The maximum absolute atomic E-state index is 5.15. The van der Waals surface area contributed by atoms with E-state index in [0.717, 1.165) is 6.54 Å². The number of nitrogens with two attached hydrogens (primary N) is 2. The van der Waals surface area contributed by atoms with Crippen LogP contribution in [0.1, 0.15) is 0 Å². The molecule has 52 valence electrons.